The predicted molar refractivity (Wildman–Crippen MR) is 74.3 cm³/mol. The number of ether oxygens (including phenoxy) is 2. The molecule has 3 nitrogen and oxygen atoms in total. The fourth-order valence-corrected chi connectivity index (χ4v) is 2.38. The van der Waals surface area contributed by atoms with Crippen LogP contribution in [0.4, 0.5) is 4.39 Å². The molecular weight excluding hydrogens is 257 g/mol. The average molecular weight is 273 g/mol. The Labute approximate surface area is 117 Å². The highest BCUT2D eigenvalue weighted by Gasteiger charge is 2.24. The number of fused-ring (bicyclic) bond motifs is 1. The number of nitrogens with two attached hydrogens (primary N) is 1. The van der Waals surface area contributed by atoms with Crippen molar-refractivity contribution in [3.05, 3.63) is 59.4 Å². The molecular formula is C16H16FNO2. The molecule has 0 bridgehead atoms. The third-order valence-corrected chi connectivity index (χ3v) is 3.38. The summed E-state index contributed by atoms with van der Waals surface area (Å²) in [4.78, 5) is 0. The molecule has 0 radical (unpaired) electrons. The van der Waals surface area contributed by atoms with E-state index in [9.17, 15) is 4.39 Å². The van der Waals surface area contributed by atoms with E-state index in [2.05, 4.69) is 0 Å². The van der Waals surface area contributed by atoms with E-state index < -0.39 is 0 Å². The van der Waals surface area contributed by atoms with Gasteiger partial charge in [-0.15, -0.1) is 0 Å². The molecule has 2 aromatic carbocycles. The van der Waals surface area contributed by atoms with Crippen molar-refractivity contribution in [3.63, 3.8) is 0 Å². The molecule has 3 rings (SSSR count). The highest BCUT2D eigenvalue weighted by atomic mass is 19.1. The van der Waals surface area contributed by atoms with Gasteiger partial charge in [-0.25, -0.2) is 4.39 Å². The molecule has 0 saturated heterocycles. The maximum absolute atomic E-state index is 13.1. The Bertz CT molecular complexity index is 615. The first kappa shape index (κ1) is 12.9. The van der Waals surface area contributed by atoms with Gasteiger partial charge in [-0.1, -0.05) is 18.2 Å². The largest absolute Gasteiger partial charge is 0.489 e. The summed E-state index contributed by atoms with van der Waals surface area (Å²) in [5.41, 5.74) is 7.53. The molecule has 0 aliphatic carbocycles. The number of rotatable bonds is 4. The van der Waals surface area contributed by atoms with Crippen LogP contribution >= 0.6 is 0 Å². The number of hydrogen-bond acceptors (Lipinski definition) is 3. The molecule has 104 valence electrons. The van der Waals surface area contributed by atoms with Crippen molar-refractivity contribution in [2.75, 3.05) is 6.61 Å². The van der Waals surface area contributed by atoms with Crippen LogP contribution in [-0.4, -0.2) is 12.7 Å². The van der Waals surface area contributed by atoms with E-state index in [4.69, 9.17) is 15.2 Å². The minimum Gasteiger partial charge on any atom is -0.489 e. The Balaban J connectivity index is 1.64. The van der Waals surface area contributed by atoms with Crippen molar-refractivity contribution in [1.29, 1.82) is 0 Å². The van der Waals surface area contributed by atoms with Crippen LogP contribution in [0.15, 0.2) is 42.5 Å². The molecule has 1 atom stereocenters. The highest BCUT2D eigenvalue weighted by Crippen LogP contribution is 2.29. The Morgan fingerprint density at radius 1 is 1.25 bits per heavy atom. The molecule has 20 heavy (non-hydrogen) atoms. The maximum Gasteiger partial charge on any atom is 0.137 e. The number of para-hydroxylation sites is 1. The van der Waals surface area contributed by atoms with Gasteiger partial charge < -0.3 is 15.2 Å². The van der Waals surface area contributed by atoms with E-state index in [0.717, 1.165) is 22.6 Å². The van der Waals surface area contributed by atoms with E-state index in [1.165, 1.54) is 12.1 Å². The van der Waals surface area contributed by atoms with Gasteiger partial charge in [0.25, 0.3) is 0 Å². The van der Waals surface area contributed by atoms with Gasteiger partial charge >= 0.3 is 0 Å². The fourth-order valence-electron chi connectivity index (χ4n) is 2.38. The molecule has 1 unspecified atom stereocenters. The molecule has 0 amide bonds. The molecule has 0 spiro atoms. The van der Waals surface area contributed by atoms with Crippen molar-refractivity contribution >= 4 is 0 Å². The third-order valence-electron chi connectivity index (χ3n) is 3.38. The quantitative estimate of drug-likeness (QED) is 0.931. The van der Waals surface area contributed by atoms with Gasteiger partial charge in [-0.3, -0.25) is 0 Å². The summed E-state index contributed by atoms with van der Waals surface area (Å²) in [6, 6.07) is 12.3. The van der Waals surface area contributed by atoms with Crippen LogP contribution in [0.25, 0.3) is 0 Å². The summed E-state index contributed by atoms with van der Waals surface area (Å²) in [6.45, 7) is 0.862. The van der Waals surface area contributed by atoms with E-state index in [1.807, 2.05) is 24.3 Å². The van der Waals surface area contributed by atoms with E-state index in [1.54, 1.807) is 6.07 Å². The molecule has 0 aromatic heterocycles. The van der Waals surface area contributed by atoms with Crippen LogP contribution in [0, 0.1) is 5.82 Å². The van der Waals surface area contributed by atoms with Crippen molar-refractivity contribution in [3.8, 4) is 11.5 Å². The van der Waals surface area contributed by atoms with Gasteiger partial charge in [-0.05, 0) is 24.3 Å². The number of benzene rings is 2. The minimum atomic E-state index is -0.234. The van der Waals surface area contributed by atoms with Crippen LogP contribution in [0.5, 0.6) is 11.5 Å². The van der Waals surface area contributed by atoms with Crippen LogP contribution in [0.1, 0.15) is 11.1 Å². The van der Waals surface area contributed by atoms with Gasteiger partial charge in [0.05, 0.1) is 0 Å². The number of hydrogen-bond donors (Lipinski definition) is 1. The first-order valence-electron chi connectivity index (χ1n) is 6.62. The first-order valence-corrected chi connectivity index (χ1v) is 6.62. The van der Waals surface area contributed by atoms with Crippen LogP contribution in [0.3, 0.4) is 0 Å². The summed E-state index contributed by atoms with van der Waals surface area (Å²) in [7, 11) is 0. The Hall–Kier alpha value is -2.07. The SMILES string of the molecule is NCc1ccccc1OCC1Cc2cc(F)ccc2O1. The zero-order valence-corrected chi connectivity index (χ0v) is 11.0. The zero-order valence-electron chi connectivity index (χ0n) is 11.0. The molecule has 1 heterocycles. The highest BCUT2D eigenvalue weighted by molar-refractivity contribution is 5.38. The summed E-state index contributed by atoms with van der Waals surface area (Å²) >= 11 is 0. The molecule has 2 N–H and O–H groups in total. The summed E-state index contributed by atoms with van der Waals surface area (Å²) in [5.74, 6) is 1.29. The molecule has 2 aromatic rings. The summed E-state index contributed by atoms with van der Waals surface area (Å²) in [6.07, 6.45) is 0.579. The monoisotopic (exact) mass is 273 g/mol. The van der Waals surface area contributed by atoms with Gasteiger partial charge in [0, 0.05) is 24.1 Å². The second-order valence-electron chi connectivity index (χ2n) is 4.82. The second-order valence-corrected chi connectivity index (χ2v) is 4.82. The molecule has 0 fully saturated rings. The van der Waals surface area contributed by atoms with Gasteiger partial charge in [-0.2, -0.15) is 0 Å². The van der Waals surface area contributed by atoms with Gasteiger partial charge in [0.1, 0.15) is 30.0 Å². The zero-order chi connectivity index (χ0) is 13.9. The normalized spacial score (nSPS) is 16.6. The summed E-state index contributed by atoms with van der Waals surface area (Å²) in [5, 5.41) is 0. The second kappa shape index (κ2) is 5.51. The van der Waals surface area contributed by atoms with Gasteiger partial charge in [0.15, 0.2) is 0 Å². The average Bonchev–Trinajstić information content (AvgIpc) is 2.87. The third kappa shape index (κ3) is 2.60. The van der Waals surface area contributed by atoms with Crippen LogP contribution < -0.4 is 15.2 Å². The molecule has 1 aliphatic rings. The molecule has 1 aliphatic heterocycles. The Morgan fingerprint density at radius 2 is 2.10 bits per heavy atom. The van der Waals surface area contributed by atoms with Crippen LogP contribution in [0.2, 0.25) is 0 Å². The Morgan fingerprint density at radius 3 is 2.95 bits per heavy atom. The smallest absolute Gasteiger partial charge is 0.137 e. The Kier molecular flexibility index (Phi) is 3.56. The number of halogens is 1. The first-order chi connectivity index (χ1) is 9.76. The predicted octanol–water partition coefficient (Wildman–Crippen LogP) is 2.67. The van der Waals surface area contributed by atoms with Gasteiger partial charge in [0.2, 0.25) is 0 Å². The molecule has 4 heteroatoms. The van der Waals surface area contributed by atoms with Crippen molar-refractivity contribution in [1.82, 2.24) is 0 Å². The van der Waals surface area contributed by atoms with Crippen molar-refractivity contribution in [2.24, 2.45) is 5.73 Å². The van der Waals surface area contributed by atoms with Crippen LogP contribution in [-0.2, 0) is 13.0 Å². The lowest BCUT2D eigenvalue weighted by molar-refractivity contribution is 0.148. The van der Waals surface area contributed by atoms with Crippen molar-refractivity contribution in [2.45, 2.75) is 19.1 Å². The molecule has 0 saturated carbocycles. The minimum absolute atomic E-state index is 0.0855. The summed E-state index contributed by atoms with van der Waals surface area (Å²) < 4.78 is 24.6. The topological polar surface area (TPSA) is 44.5 Å². The van der Waals surface area contributed by atoms with E-state index >= 15 is 0 Å². The standard InChI is InChI=1S/C16H16FNO2/c17-13-5-6-16-12(7-13)8-14(20-16)10-19-15-4-2-1-3-11(15)9-18/h1-7,14H,8-10,18H2. The van der Waals surface area contributed by atoms with E-state index in [-0.39, 0.29) is 11.9 Å². The lowest BCUT2D eigenvalue weighted by Gasteiger charge is -2.14. The lowest BCUT2D eigenvalue weighted by atomic mass is 10.1. The van der Waals surface area contributed by atoms with Crippen molar-refractivity contribution < 1.29 is 13.9 Å². The van der Waals surface area contributed by atoms with E-state index in [0.29, 0.717) is 19.6 Å². The maximum atomic E-state index is 13.1. The fraction of sp³-hybridized carbons (Fsp3) is 0.250. The lowest BCUT2D eigenvalue weighted by Crippen LogP contribution is -2.22.